The minimum Gasteiger partial charge on any atom is -0.493 e. The highest BCUT2D eigenvalue weighted by Crippen LogP contribution is 2.32. The van der Waals surface area contributed by atoms with E-state index in [0.29, 0.717) is 32.8 Å². The van der Waals surface area contributed by atoms with E-state index in [4.69, 9.17) is 4.74 Å². The number of rotatable bonds is 11. The standard InChI is InChI=1S/C34H42F3N3O2/c1-25-26(2)32(42-23-9-8-18-38(4)24-28-10-6-5-7-11-28)17-16-31(25)27(3)39-19-21-40(22-20-39)33(41)29-12-14-30(15-13-29)34(35,36)37/h5-7,10-17,27H,8-9,18-24H2,1-4H3. The molecule has 42 heavy (non-hydrogen) atoms. The normalized spacial score (nSPS) is 15.2. The first-order valence-corrected chi connectivity index (χ1v) is 14.7. The van der Waals surface area contributed by atoms with Gasteiger partial charge in [0.2, 0.25) is 0 Å². The van der Waals surface area contributed by atoms with Crippen LogP contribution >= 0.6 is 0 Å². The molecule has 1 amide bonds. The molecule has 0 N–H and O–H groups in total. The van der Waals surface area contributed by atoms with Crippen molar-refractivity contribution in [1.29, 1.82) is 0 Å². The van der Waals surface area contributed by atoms with Gasteiger partial charge in [0, 0.05) is 44.3 Å². The highest BCUT2D eigenvalue weighted by molar-refractivity contribution is 5.94. The molecule has 0 aliphatic carbocycles. The first-order chi connectivity index (χ1) is 20.0. The van der Waals surface area contributed by atoms with Crippen LogP contribution in [0.5, 0.6) is 5.75 Å². The van der Waals surface area contributed by atoms with Crippen molar-refractivity contribution >= 4 is 5.91 Å². The minimum absolute atomic E-state index is 0.168. The Morgan fingerprint density at radius 3 is 2.21 bits per heavy atom. The Kier molecular flexibility index (Phi) is 10.7. The van der Waals surface area contributed by atoms with E-state index < -0.39 is 11.7 Å². The Balaban J connectivity index is 1.23. The number of benzene rings is 3. The van der Waals surface area contributed by atoms with E-state index in [2.05, 4.69) is 74.0 Å². The smallest absolute Gasteiger partial charge is 0.416 e. The Bertz CT molecular complexity index is 1300. The largest absolute Gasteiger partial charge is 0.493 e. The topological polar surface area (TPSA) is 36.0 Å². The molecule has 0 bridgehead atoms. The molecule has 0 saturated carbocycles. The summed E-state index contributed by atoms with van der Waals surface area (Å²) in [5, 5.41) is 0. The lowest BCUT2D eigenvalue weighted by Gasteiger charge is -2.39. The third-order valence-corrected chi connectivity index (χ3v) is 8.32. The molecule has 8 heteroatoms. The number of carbonyl (C=O) groups excluding carboxylic acids is 1. The van der Waals surface area contributed by atoms with Crippen LogP contribution in [0.4, 0.5) is 13.2 Å². The van der Waals surface area contributed by atoms with Crippen molar-refractivity contribution < 1.29 is 22.7 Å². The number of hydrogen-bond acceptors (Lipinski definition) is 4. The zero-order chi connectivity index (χ0) is 30.3. The Hall–Kier alpha value is -3.36. The van der Waals surface area contributed by atoms with Gasteiger partial charge in [-0.25, -0.2) is 0 Å². The molecule has 1 heterocycles. The van der Waals surface area contributed by atoms with E-state index in [0.717, 1.165) is 49.4 Å². The molecule has 0 aromatic heterocycles. The average Bonchev–Trinajstić information content (AvgIpc) is 2.98. The SMILES string of the molecule is Cc1c(OCCCCN(C)Cc2ccccc2)ccc(C(C)N2CCN(C(=O)c3ccc(C(F)(F)F)cc3)CC2)c1C. The molecule has 1 unspecified atom stereocenters. The fourth-order valence-electron chi connectivity index (χ4n) is 5.56. The van der Waals surface area contributed by atoms with E-state index in [9.17, 15) is 18.0 Å². The lowest BCUT2D eigenvalue weighted by Crippen LogP contribution is -2.49. The highest BCUT2D eigenvalue weighted by atomic mass is 19.4. The number of ether oxygens (including phenoxy) is 1. The summed E-state index contributed by atoms with van der Waals surface area (Å²) in [6.45, 7) is 11.5. The summed E-state index contributed by atoms with van der Waals surface area (Å²) < 4.78 is 44.8. The van der Waals surface area contributed by atoms with Gasteiger partial charge in [-0.1, -0.05) is 36.4 Å². The van der Waals surface area contributed by atoms with Crippen LogP contribution in [-0.2, 0) is 12.7 Å². The van der Waals surface area contributed by atoms with Gasteiger partial charge in [0.25, 0.3) is 5.91 Å². The summed E-state index contributed by atoms with van der Waals surface area (Å²) in [6, 6.07) is 19.4. The summed E-state index contributed by atoms with van der Waals surface area (Å²) in [6.07, 6.45) is -2.35. The molecule has 5 nitrogen and oxygen atoms in total. The number of alkyl halides is 3. The van der Waals surface area contributed by atoms with E-state index in [1.165, 1.54) is 28.8 Å². The Morgan fingerprint density at radius 2 is 1.57 bits per heavy atom. The van der Waals surface area contributed by atoms with Crippen molar-refractivity contribution in [3.05, 3.63) is 100 Å². The van der Waals surface area contributed by atoms with Crippen LogP contribution in [0.25, 0.3) is 0 Å². The van der Waals surface area contributed by atoms with Crippen LogP contribution < -0.4 is 4.74 Å². The summed E-state index contributed by atoms with van der Waals surface area (Å²) in [4.78, 5) is 19.3. The third kappa shape index (κ3) is 8.13. The molecule has 0 radical (unpaired) electrons. The van der Waals surface area contributed by atoms with E-state index in [-0.39, 0.29) is 17.5 Å². The third-order valence-electron chi connectivity index (χ3n) is 8.32. The van der Waals surface area contributed by atoms with Gasteiger partial charge in [0.1, 0.15) is 5.75 Å². The van der Waals surface area contributed by atoms with Crippen molar-refractivity contribution in [2.24, 2.45) is 0 Å². The van der Waals surface area contributed by atoms with Gasteiger partial charge in [0.05, 0.1) is 12.2 Å². The van der Waals surface area contributed by atoms with Gasteiger partial charge in [-0.05, 0) is 99.8 Å². The number of halogens is 3. The molecule has 1 atom stereocenters. The van der Waals surface area contributed by atoms with E-state index >= 15 is 0 Å². The molecule has 1 saturated heterocycles. The van der Waals surface area contributed by atoms with Crippen molar-refractivity contribution in [1.82, 2.24) is 14.7 Å². The second-order valence-corrected chi connectivity index (χ2v) is 11.3. The summed E-state index contributed by atoms with van der Waals surface area (Å²) in [5.41, 5.74) is 4.46. The zero-order valence-corrected chi connectivity index (χ0v) is 25.1. The Labute approximate surface area is 247 Å². The second kappa shape index (κ2) is 14.2. The minimum atomic E-state index is -4.41. The summed E-state index contributed by atoms with van der Waals surface area (Å²) in [7, 11) is 2.15. The predicted molar refractivity (Wildman–Crippen MR) is 161 cm³/mol. The van der Waals surface area contributed by atoms with Gasteiger partial charge in [-0.2, -0.15) is 13.2 Å². The molecule has 1 fully saturated rings. The maximum atomic E-state index is 12.9. The fourth-order valence-corrected chi connectivity index (χ4v) is 5.56. The fraction of sp³-hybridized carbons (Fsp3) is 0.441. The van der Waals surface area contributed by atoms with Crippen molar-refractivity contribution in [3.63, 3.8) is 0 Å². The zero-order valence-electron chi connectivity index (χ0n) is 25.1. The molecule has 3 aromatic rings. The number of piperazine rings is 1. The van der Waals surface area contributed by atoms with Crippen molar-refractivity contribution in [2.75, 3.05) is 46.4 Å². The monoisotopic (exact) mass is 581 g/mol. The average molecular weight is 582 g/mol. The van der Waals surface area contributed by atoms with Crippen LogP contribution in [0.2, 0.25) is 0 Å². The molecular formula is C34H42F3N3O2. The number of carbonyl (C=O) groups is 1. The van der Waals surface area contributed by atoms with Gasteiger partial charge in [0.15, 0.2) is 0 Å². The quantitative estimate of drug-likeness (QED) is 0.226. The number of hydrogen-bond donors (Lipinski definition) is 0. The highest BCUT2D eigenvalue weighted by Gasteiger charge is 2.31. The van der Waals surface area contributed by atoms with Crippen molar-refractivity contribution in [2.45, 2.75) is 52.4 Å². The molecule has 1 aliphatic heterocycles. The maximum absolute atomic E-state index is 12.9. The van der Waals surface area contributed by atoms with Crippen LogP contribution in [0.1, 0.15) is 64.0 Å². The lowest BCUT2D eigenvalue weighted by molar-refractivity contribution is -0.137. The van der Waals surface area contributed by atoms with Gasteiger partial charge in [-0.15, -0.1) is 0 Å². The molecule has 3 aromatic carbocycles. The second-order valence-electron chi connectivity index (χ2n) is 11.3. The summed E-state index contributed by atoms with van der Waals surface area (Å²) >= 11 is 0. The molecule has 226 valence electrons. The van der Waals surface area contributed by atoms with Crippen LogP contribution in [0.15, 0.2) is 66.7 Å². The van der Waals surface area contributed by atoms with Crippen LogP contribution in [-0.4, -0.2) is 67.0 Å². The van der Waals surface area contributed by atoms with Gasteiger partial charge in [-0.3, -0.25) is 9.69 Å². The molecular weight excluding hydrogens is 539 g/mol. The molecule has 0 spiro atoms. The Morgan fingerprint density at radius 1 is 0.905 bits per heavy atom. The van der Waals surface area contributed by atoms with E-state index in [1.807, 2.05) is 6.07 Å². The van der Waals surface area contributed by atoms with Crippen LogP contribution in [0, 0.1) is 13.8 Å². The van der Waals surface area contributed by atoms with Crippen molar-refractivity contribution in [3.8, 4) is 5.75 Å². The first kappa shape index (κ1) is 31.6. The number of amides is 1. The van der Waals surface area contributed by atoms with Gasteiger partial charge >= 0.3 is 6.18 Å². The predicted octanol–water partition coefficient (Wildman–Crippen LogP) is 7.13. The summed E-state index contributed by atoms with van der Waals surface area (Å²) in [5.74, 6) is 0.695. The van der Waals surface area contributed by atoms with E-state index in [1.54, 1.807) is 4.90 Å². The lowest BCUT2D eigenvalue weighted by atomic mass is 9.96. The van der Waals surface area contributed by atoms with Gasteiger partial charge < -0.3 is 14.5 Å². The molecule has 1 aliphatic rings. The molecule has 4 rings (SSSR count). The van der Waals surface area contributed by atoms with Crippen LogP contribution in [0.3, 0.4) is 0 Å². The number of nitrogens with zero attached hydrogens (tertiary/aromatic N) is 3. The maximum Gasteiger partial charge on any atom is 0.416 e. The first-order valence-electron chi connectivity index (χ1n) is 14.7. The number of unbranched alkanes of at least 4 members (excludes halogenated alkanes) is 1.